The molecule has 0 aliphatic heterocycles. The second-order valence-electron chi connectivity index (χ2n) is 5.52. The molecule has 1 N–H and O–H groups in total. The molecule has 0 saturated carbocycles. The van der Waals surface area contributed by atoms with Crippen molar-refractivity contribution in [2.45, 2.75) is 19.8 Å². The van der Waals surface area contributed by atoms with E-state index < -0.39 is 11.9 Å². The zero-order valence-electron chi connectivity index (χ0n) is 12.9. The lowest BCUT2D eigenvalue weighted by Crippen LogP contribution is -2.21. The van der Waals surface area contributed by atoms with Gasteiger partial charge in [0.15, 0.2) is 11.6 Å². The average molecular weight is 310 g/mol. The minimum atomic E-state index is -1.13. The van der Waals surface area contributed by atoms with Crippen molar-refractivity contribution in [3.63, 3.8) is 0 Å². The molecular formula is C19H18O4. The Morgan fingerprint density at radius 1 is 0.826 bits per heavy atom. The van der Waals surface area contributed by atoms with Crippen molar-refractivity contribution in [2.75, 3.05) is 0 Å². The summed E-state index contributed by atoms with van der Waals surface area (Å²) in [5.41, 5.74) is 1.95. The number of aliphatic carboxylic acids is 1. The third-order valence-corrected chi connectivity index (χ3v) is 3.68. The van der Waals surface area contributed by atoms with Crippen LogP contribution in [0.1, 0.15) is 39.1 Å². The summed E-state index contributed by atoms with van der Waals surface area (Å²) in [6.07, 6.45) is -0.367. The van der Waals surface area contributed by atoms with Crippen LogP contribution in [0.25, 0.3) is 0 Å². The van der Waals surface area contributed by atoms with Gasteiger partial charge in [-0.15, -0.1) is 0 Å². The van der Waals surface area contributed by atoms with Crippen LogP contribution < -0.4 is 0 Å². The van der Waals surface area contributed by atoms with Crippen molar-refractivity contribution in [1.82, 2.24) is 0 Å². The SMILES string of the molecule is Cc1ccc(C(=O)CC(CC(=O)c2ccccc2)C(=O)O)cc1. The summed E-state index contributed by atoms with van der Waals surface area (Å²) in [5.74, 6) is -2.68. The third-order valence-electron chi connectivity index (χ3n) is 3.68. The first kappa shape index (κ1) is 16.6. The first-order valence-corrected chi connectivity index (χ1v) is 7.38. The smallest absolute Gasteiger partial charge is 0.307 e. The van der Waals surface area contributed by atoms with Gasteiger partial charge in [-0.05, 0) is 6.92 Å². The maximum absolute atomic E-state index is 12.2. The fourth-order valence-corrected chi connectivity index (χ4v) is 2.29. The van der Waals surface area contributed by atoms with E-state index in [2.05, 4.69) is 0 Å². The van der Waals surface area contributed by atoms with Gasteiger partial charge < -0.3 is 5.11 Å². The number of benzene rings is 2. The molecule has 0 amide bonds. The molecule has 118 valence electrons. The molecule has 23 heavy (non-hydrogen) atoms. The highest BCUT2D eigenvalue weighted by molar-refractivity contribution is 6.01. The minimum Gasteiger partial charge on any atom is -0.481 e. The molecule has 2 aromatic carbocycles. The van der Waals surface area contributed by atoms with E-state index in [1.165, 1.54) is 0 Å². The van der Waals surface area contributed by atoms with Crippen LogP contribution in [0, 0.1) is 12.8 Å². The van der Waals surface area contributed by atoms with Crippen molar-refractivity contribution in [3.05, 3.63) is 71.3 Å². The lowest BCUT2D eigenvalue weighted by Gasteiger charge is -2.11. The Balaban J connectivity index is 2.07. The zero-order chi connectivity index (χ0) is 16.8. The highest BCUT2D eigenvalue weighted by Gasteiger charge is 2.25. The third kappa shape index (κ3) is 4.61. The Morgan fingerprint density at radius 2 is 1.30 bits per heavy atom. The van der Waals surface area contributed by atoms with Crippen LogP contribution in [-0.4, -0.2) is 22.6 Å². The molecule has 4 nitrogen and oxygen atoms in total. The Morgan fingerprint density at radius 3 is 1.78 bits per heavy atom. The second-order valence-corrected chi connectivity index (χ2v) is 5.52. The fourth-order valence-electron chi connectivity index (χ4n) is 2.29. The molecule has 0 radical (unpaired) electrons. The Bertz CT molecular complexity index is 702. The van der Waals surface area contributed by atoms with Crippen LogP contribution >= 0.6 is 0 Å². The van der Waals surface area contributed by atoms with Gasteiger partial charge in [0.1, 0.15) is 0 Å². The summed E-state index contributed by atoms with van der Waals surface area (Å²) in [6, 6.07) is 15.5. The minimum absolute atomic E-state index is 0.184. The molecule has 0 bridgehead atoms. The number of hydrogen-bond donors (Lipinski definition) is 1. The Labute approximate surface area is 134 Å². The molecule has 0 fully saturated rings. The maximum atomic E-state index is 12.2. The quantitative estimate of drug-likeness (QED) is 0.794. The number of carbonyl (C=O) groups is 3. The second kappa shape index (κ2) is 7.49. The first-order chi connectivity index (χ1) is 11.0. The van der Waals surface area contributed by atoms with Crippen molar-refractivity contribution in [2.24, 2.45) is 5.92 Å². The van der Waals surface area contributed by atoms with Crippen molar-refractivity contribution in [1.29, 1.82) is 0 Å². The van der Waals surface area contributed by atoms with Crippen LogP contribution in [0.3, 0.4) is 0 Å². The molecule has 4 heteroatoms. The van der Waals surface area contributed by atoms with E-state index in [0.29, 0.717) is 11.1 Å². The molecule has 0 saturated heterocycles. The lowest BCUT2D eigenvalue weighted by atomic mass is 9.91. The van der Waals surface area contributed by atoms with Gasteiger partial charge in [-0.25, -0.2) is 0 Å². The fraction of sp³-hybridized carbons (Fsp3) is 0.211. The Kier molecular flexibility index (Phi) is 5.41. The number of carbonyl (C=O) groups excluding carboxylic acids is 2. The van der Waals surface area contributed by atoms with Gasteiger partial charge in [0.25, 0.3) is 0 Å². The molecule has 0 heterocycles. The van der Waals surface area contributed by atoms with E-state index in [1.807, 2.05) is 6.92 Å². The summed E-state index contributed by atoms with van der Waals surface area (Å²) in [7, 11) is 0. The molecule has 1 unspecified atom stereocenters. The average Bonchev–Trinajstić information content (AvgIpc) is 2.55. The van der Waals surface area contributed by atoms with Crippen LogP contribution in [0.2, 0.25) is 0 Å². The first-order valence-electron chi connectivity index (χ1n) is 7.38. The van der Waals surface area contributed by atoms with Crippen LogP contribution in [0.4, 0.5) is 0 Å². The van der Waals surface area contributed by atoms with Crippen molar-refractivity contribution in [3.8, 4) is 0 Å². The topological polar surface area (TPSA) is 71.4 Å². The highest BCUT2D eigenvalue weighted by atomic mass is 16.4. The normalized spacial score (nSPS) is 11.7. The molecule has 0 aromatic heterocycles. The van der Waals surface area contributed by atoms with E-state index in [0.717, 1.165) is 5.56 Å². The summed E-state index contributed by atoms with van der Waals surface area (Å²) in [5, 5.41) is 9.30. The van der Waals surface area contributed by atoms with E-state index in [-0.39, 0.29) is 24.4 Å². The van der Waals surface area contributed by atoms with Crippen LogP contribution in [-0.2, 0) is 4.79 Å². The van der Waals surface area contributed by atoms with Gasteiger partial charge in [-0.2, -0.15) is 0 Å². The van der Waals surface area contributed by atoms with Crippen LogP contribution in [0.15, 0.2) is 54.6 Å². The van der Waals surface area contributed by atoms with Crippen molar-refractivity contribution < 1.29 is 19.5 Å². The number of Topliss-reactive ketones (excluding diaryl/α,β-unsaturated/α-hetero) is 2. The number of rotatable bonds is 7. The predicted octanol–water partition coefficient (Wildman–Crippen LogP) is 3.54. The standard InChI is InChI=1S/C19H18O4/c1-13-7-9-15(10-8-13)18(21)12-16(19(22)23)11-17(20)14-5-3-2-4-6-14/h2-10,16H,11-12H2,1H3,(H,22,23). The van der Waals surface area contributed by atoms with Gasteiger partial charge >= 0.3 is 5.97 Å². The van der Waals surface area contributed by atoms with Gasteiger partial charge in [-0.3, -0.25) is 14.4 Å². The molecule has 2 rings (SSSR count). The predicted molar refractivity (Wildman–Crippen MR) is 86.6 cm³/mol. The summed E-state index contributed by atoms with van der Waals surface area (Å²) < 4.78 is 0. The van der Waals surface area contributed by atoms with Gasteiger partial charge in [0.05, 0.1) is 5.92 Å². The summed E-state index contributed by atoms with van der Waals surface area (Å²) in [4.78, 5) is 35.7. The van der Waals surface area contributed by atoms with Gasteiger partial charge in [0.2, 0.25) is 0 Å². The lowest BCUT2D eigenvalue weighted by molar-refractivity contribution is -0.141. The zero-order valence-corrected chi connectivity index (χ0v) is 12.9. The molecule has 0 spiro atoms. The molecular weight excluding hydrogens is 292 g/mol. The number of ketones is 2. The molecule has 0 aliphatic rings. The molecule has 0 aliphatic carbocycles. The van der Waals surface area contributed by atoms with E-state index in [1.54, 1.807) is 54.6 Å². The Hall–Kier alpha value is -2.75. The van der Waals surface area contributed by atoms with E-state index in [9.17, 15) is 19.5 Å². The maximum Gasteiger partial charge on any atom is 0.307 e. The van der Waals surface area contributed by atoms with E-state index in [4.69, 9.17) is 0 Å². The van der Waals surface area contributed by atoms with Gasteiger partial charge in [0, 0.05) is 24.0 Å². The summed E-state index contributed by atoms with van der Waals surface area (Å²) >= 11 is 0. The van der Waals surface area contributed by atoms with Crippen molar-refractivity contribution >= 4 is 17.5 Å². The number of hydrogen-bond acceptors (Lipinski definition) is 3. The number of aryl methyl sites for hydroxylation is 1. The summed E-state index contributed by atoms with van der Waals surface area (Å²) in [6.45, 7) is 1.91. The van der Waals surface area contributed by atoms with Crippen LogP contribution in [0.5, 0.6) is 0 Å². The molecule has 1 atom stereocenters. The number of carboxylic acids is 1. The monoisotopic (exact) mass is 310 g/mol. The highest BCUT2D eigenvalue weighted by Crippen LogP contribution is 2.17. The van der Waals surface area contributed by atoms with Gasteiger partial charge in [-0.1, -0.05) is 60.2 Å². The number of carboxylic acid groups (broad SMARTS) is 1. The molecule has 2 aromatic rings. The van der Waals surface area contributed by atoms with E-state index >= 15 is 0 Å². The largest absolute Gasteiger partial charge is 0.481 e.